The molecule has 0 radical (unpaired) electrons. The van der Waals surface area contributed by atoms with E-state index in [-0.39, 0.29) is 11.7 Å². The van der Waals surface area contributed by atoms with Gasteiger partial charge in [-0.25, -0.2) is 19.0 Å². The number of hydrogen-bond acceptors (Lipinski definition) is 7. The van der Waals surface area contributed by atoms with E-state index < -0.39 is 0 Å². The summed E-state index contributed by atoms with van der Waals surface area (Å²) in [6.45, 7) is 4.36. The number of carbonyl (C=O) groups excluding carboxylic acids is 1. The number of benzene rings is 3. The zero-order chi connectivity index (χ0) is 27.5. The van der Waals surface area contributed by atoms with Gasteiger partial charge in [0, 0.05) is 29.4 Å². The Labute approximate surface area is 228 Å². The maximum Gasteiger partial charge on any atom is 0.243 e. The van der Waals surface area contributed by atoms with Gasteiger partial charge in [-0.1, -0.05) is 23.9 Å². The first-order valence-electron chi connectivity index (χ1n) is 12.6. The molecular formula is C29H24FN9O. The number of nitrogens with zero attached hydrogens (tertiary/aromatic N) is 7. The Morgan fingerprint density at radius 2 is 2.00 bits per heavy atom. The standard InChI is InChI=1S/C29H24FN9O/c1-2-28(40)31-11-10-23-17-38(37-36-23)24-7-8-26-25(14-24)29(33-18-32-26)35-22-6-9-27-20(13-22)15-34-39(27)16-19-4-3-5-21(30)12-19/h2-9,12-15,17-18H,1,10-11,16H2,(H,31,40)(H,32,33,35). The van der Waals surface area contributed by atoms with E-state index in [2.05, 4.69) is 42.6 Å². The van der Waals surface area contributed by atoms with Gasteiger partial charge in [0.15, 0.2) is 0 Å². The van der Waals surface area contributed by atoms with Crippen LogP contribution in [0.4, 0.5) is 15.9 Å². The van der Waals surface area contributed by atoms with E-state index in [9.17, 15) is 9.18 Å². The van der Waals surface area contributed by atoms with Crippen molar-refractivity contribution >= 4 is 39.2 Å². The third-order valence-electron chi connectivity index (χ3n) is 6.42. The number of rotatable bonds is 9. The Kier molecular flexibility index (Phi) is 6.67. The minimum absolute atomic E-state index is 0.223. The second kappa shape index (κ2) is 10.7. The summed E-state index contributed by atoms with van der Waals surface area (Å²) in [6, 6.07) is 18.2. The fourth-order valence-corrected chi connectivity index (χ4v) is 4.45. The van der Waals surface area contributed by atoms with Crippen LogP contribution in [0.1, 0.15) is 11.3 Å². The summed E-state index contributed by atoms with van der Waals surface area (Å²) in [5, 5.41) is 20.8. The maximum atomic E-state index is 13.6. The van der Waals surface area contributed by atoms with Crippen LogP contribution in [0.5, 0.6) is 0 Å². The van der Waals surface area contributed by atoms with Crippen LogP contribution in [-0.2, 0) is 17.8 Å². The van der Waals surface area contributed by atoms with Crippen molar-refractivity contribution in [3.8, 4) is 5.69 Å². The van der Waals surface area contributed by atoms with Crippen LogP contribution in [0.25, 0.3) is 27.5 Å². The molecule has 0 saturated carbocycles. The number of hydrogen-bond donors (Lipinski definition) is 2. The molecule has 6 aromatic rings. The monoisotopic (exact) mass is 533 g/mol. The Morgan fingerprint density at radius 1 is 1.07 bits per heavy atom. The summed E-state index contributed by atoms with van der Waals surface area (Å²) >= 11 is 0. The normalized spacial score (nSPS) is 11.1. The highest BCUT2D eigenvalue weighted by Gasteiger charge is 2.11. The van der Waals surface area contributed by atoms with Crippen molar-refractivity contribution in [2.24, 2.45) is 0 Å². The predicted octanol–water partition coefficient (Wildman–Crippen LogP) is 4.34. The van der Waals surface area contributed by atoms with Gasteiger partial charge in [0.25, 0.3) is 0 Å². The van der Waals surface area contributed by atoms with Crippen molar-refractivity contribution in [3.05, 3.63) is 109 Å². The van der Waals surface area contributed by atoms with Crippen LogP contribution in [0.15, 0.2) is 92.0 Å². The highest BCUT2D eigenvalue weighted by atomic mass is 19.1. The average molecular weight is 534 g/mol. The molecular weight excluding hydrogens is 509 g/mol. The number of fused-ring (bicyclic) bond motifs is 2. The summed E-state index contributed by atoms with van der Waals surface area (Å²) in [4.78, 5) is 20.2. The Balaban J connectivity index is 1.23. The molecule has 0 spiro atoms. The Morgan fingerprint density at radius 3 is 2.88 bits per heavy atom. The van der Waals surface area contributed by atoms with E-state index in [0.717, 1.165) is 44.4 Å². The average Bonchev–Trinajstić information content (AvgIpc) is 3.60. The molecule has 198 valence electrons. The van der Waals surface area contributed by atoms with Gasteiger partial charge in [0.05, 0.1) is 41.4 Å². The first-order chi connectivity index (χ1) is 19.6. The molecule has 0 fully saturated rings. The highest BCUT2D eigenvalue weighted by molar-refractivity contribution is 5.93. The van der Waals surface area contributed by atoms with Crippen molar-refractivity contribution in [2.45, 2.75) is 13.0 Å². The van der Waals surface area contributed by atoms with Crippen LogP contribution in [0.2, 0.25) is 0 Å². The molecule has 11 heteroatoms. The van der Waals surface area contributed by atoms with Crippen LogP contribution < -0.4 is 10.6 Å². The third kappa shape index (κ3) is 5.25. The first-order valence-corrected chi connectivity index (χ1v) is 12.6. The van der Waals surface area contributed by atoms with Gasteiger partial charge < -0.3 is 10.6 Å². The van der Waals surface area contributed by atoms with E-state index in [1.54, 1.807) is 16.9 Å². The summed E-state index contributed by atoms with van der Waals surface area (Å²) in [5.74, 6) is 0.156. The topological polar surface area (TPSA) is 115 Å². The van der Waals surface area contributed by atoms with Gasteiger partial charge >= 0.3 is 0 Å². The van der Waals surface area contributed by atoms with Gasteiger partial charge in [-0.15, -0.1) is 5.10 Å². The number of anilines is 2. The minimum Gasteiger partial charge on any atom is -0.352 e. The van der Waals surface area contributed by atoms with Gasteiger partial charge in [0.2, 0.25) is 5.91 Å². The zero-order valence-corrected chi connectivity index (χ0v) is 21.3. The van der Waals surface area contributed by atoms with Gasteiger partial charge in [-0.3, -0.25) is 9.48 Å². The summed E-state index contributed by atoms with van der Waals surface area (Å²) < 4.78 is 17.1. The quantitative estimate of drug-likeness (QED) is 0.266. The highest BCUT2D eigenvalue weighted by Crippen LogP contribution is 2.27. The van der Waals surface area contributed by atoms with Crippen molar-refractivity contribution in [1.82, 2.24) is 40.1 Å². The number of aromatic nitrogens is 7. The number of nitrogens with one attached hydrogen (secondary N) is 2. The van der Waals surface area contributed by atoms with Gasteiger partial charge in [-0.2, -0.15) is 5.10 Å². The van der Waals surface area contributed by atoms with Gasteiger partial charge in [-0.05, 0) is 60.2 Å². The molecule has 0 bridgehead atoms. The van der Waals surface area contributed by atoms with E-state index in [0.29, 0.717) is 25.3 Å². The molecule has 40 heavy (non-hydrogen) atoms. The smallest absolute Gasteiger partial charge is 0.243 e. The van der Waals surface area contributed by atoms with Crippen LogP contribution in [0, 0.1) is 5.82 Å². The fourth-order valence-electron chi connectivity index (χ4n) is 4.45. The molecule has 0 atom stereocenters. The van der Waals surface area contributed by atoms with E-state index >= 15 is 0 Å². The maximum absolute atomic E-state index is 13.6. The molecule has 0 saturated heterocycles. The predicted molar refractivity (Wildman–Crippen MR) is 150 cm³/mol. The molecule has 3 heterocycles. The molecule has 0 aliphatic carbocycles. The van der Waals surface area contributed by atoms with Crippen LogP contribution >= 0.6 is 0 Å². The molecule has 0 aliphatic rings. The van der Waals surface area contributed by atoms with Crippen molar-refractivity contribution in [3.63, 3.8) is 0 Å². The summed E-state index contributed by atoms with van der Waals surface area (Å²) in [7, 11) is 0. The summed E-state index contributed by atoms with van der Waals surface area (Å²) in [5.41, 5.74) is 4.95. The second-order valence-electron chi connectivity index (χ2n) is 9.15. The van der Waals surface area contributed by atoms with Crippen molar-refractivity contribution in [1.29, 1.82) is 0 Å². The second-order valence-corrected chi connectivity index (χ2v) is 9.15. The third-order valence-corrected chi connectivity index (χ3v) is 6.42. The molecule has 0 aliphatic heterocycles. The first kappa shape index (κ1) is 24.9. The van der Waals surface area contributed by atoms with Crippen molar-refractivity contribution < 1.29 is 9.18 Å². The lowest BCUT2D eigenvalue weighted by molar-refractivity contribution is -0.116. The zero-order valence-electron chi connectivity index (χ0n) is 21.3. The molecule has 6 rings (SSSR count). The molecule has 0 unspecified atom stereocenters. The molecule has 3 aromatic heterocycles. The Bertz CT molecular complexity index is 1860. The largest absolute Gasteiger partial charge is 0.352 e. The fraction of sp³-hybridized carbons (Fsp3) is 0.103. The molecule has 2 N–H and O–H groups in total. The number of carbonyl (C=O) groups is 1. The van der Waals surface area contributed by atoms with Crippen LogP contribution in [-0.4, -0.2) is 47.2 Å². The van der Waals surface area contributed by atoms with E-state index in [4.69, 9.17) is 0 Å². The van der Waals surface area contributed by atoms with Gasteiger partial charge in [0.1, 0.15) is 18.0 Å². The summed E-state index contributed by atoms with van der Waals surface area (Å²) in [6.07, 6.45) is 6.92. The lowest BCUT2D eigenvalue weighted by Crippen LogP contribution is -2.23. The van der Waals surface area contributed by atoms with E-state index in [1.165, 1.54) is 24.5 Å². The number of halogens is 1. The SMILES string of the molecule is C=CC(=O)NCCc1cn(-c2ccc3ncnc(Nc4ccc5c(cnn5Cc5cccc(F)c5)c4)c3c2)nn1. The molecule has 10 nitrogen and oxygen atoms in total. The molecule has 1 amide bonds. The van der Waals surface area contributed by atoms with E-state index in [1.807, 2.05) is 53.3 Å². The minimum atomic E-state index is -0.265. The van der Waals surface area contributed by atoms with Crippen LogP contribution in [0.3, 0.4) is 0 Å². The lowest BCUT2D eigenvalue weighted by Gasteiger charge is -2.10. The Hall–Kier alpha value is -5.45. The number of amides is 1. The van der Waals surface area contributed by atoms with Crippen molar-refractivity contribution in [2.75, 3.05) is 11.9 Å². The lowest BCUT2D eigenvalue weighted by atomic mass is 10.2. The molecule has 3 aromatic carbocycles.